The molecule has 0 unspecified atom stereocenters. The number of carbonyl (C=O) groups is 1. The lowest BCUT2D eigenvalue weighted by molar-refractivity contribution is 0.0988. The fourth-order valence-corrected chi connectivity index (χ4v) is 1.54. The van der Waals surface area contributed by atoms with Crippen LogP contribution in [0.15, 0.2) is 24.4 Å². The average Bonchev–Trinajstić information content (AvgIpc) is 2.17. The summed E-state index contributed by atoms with van der Waals surface area (Å²) in [4.78, 5) is 15.6. The van der Waals surface area contributed by atoms with Crippen molar-refractivity contribution in [2.24, 2.45) is 0 Å². The van der Waals surface area contributed by atoms with E-state index in [4.69, 9.17) is 23.2 Å². The van der Waals surface area contributed by atoms with Crippen LogP contribution >= 0.6 is 23.2 Å². The Morgan fingerprint density at radius 2 is 2.20 bits per heavy atom. The zero-order valence-corrected chi connectivity index (χ0v) is 9.90. The Hall–Kier alpha value is -0.860. The van der Waals surface area contributed by atoms with Crippen molar-refractivity contribution in [2.75, 3.05) is 0 Å². The summed E-state index contributed by atoms with van der Waals surface area (Å²) in [6.07, 6.45) is 2.47. The van der Waals surface area contributed by atoms with Gasteiger partial charge in [-0.05, 0) is 12.5 Å². The van der Waals surface area contributed by atoms with Gasteiger partial charge in [0, 0.05) is 12.6 Å². The van der Waals surface area contributed by atoms with Crippen LogP contribution in [0.25, 0.3) is 0 Å². The van der Waals surface area contributed by atoms with Gasteiger partial charge in [0.15, 0.2) is 5.78 Å². The monoisotopic (exact) mass is 243 g/mol. The second-order valence-electron chi connectivity index (χ2n) is 3.19. The lowest BCUT2D eigenvalue weighted by Gasteiger charge is -2.03. The fourth-order valence-electron chi connectivity index (χ4n) is 1.06. The zero-order valence-electron chi connectivity index (χ0n) is 8.39. The SMILES string of the molecule is C=C(CC)CC(=O)c1ncc(Cl)cc1Cl. The van der Waals surface area contributed by atoms with Crippen LogP contribution < -0.4 is 0 Å². The zero-order chi connectivity index (χ0) is 11.4. The molecule has 0 fully saturated rings. The fraction of sp³-hybridized carbons (Fsp3) is 0.273. The van der Waals surface area contributed by atoms with Gasteiger partial charge in [-0.1, -0.05) is 42.3 Å². The number of pyridine rings is 1. The Kier molecular flexibility index (Phi) is 4.30. The molecule has 1 aromatic rings. The van der Waals surface area contributed by atoms with Gasteiger partial charge in [0.25, 0.3) is 0 Å². The van der Waals surface area contributed by atoms with Crippen LogP contribution in [0.5, 0.6) is 0 Å². The number of allylic oxidation sites excluding steroid dienone is 1. The van der Waals surface area contributed by atoms with E-state index in [1.807, 2.05) is 6.92 Å². The van der Waals surface area contributed by atoms with E-state index in [1.54, 1.807) is 0 Å². The van der Waals surface area contributed by atoms with Gasteiger partial charge in [-0.2, -0.15) is 0 Å². The molecule has 0 spiro atoms. The van der Waals surface area contributed by atoms with Gasteiger partial charge < -0.3 is 0 Å². The molecule has 0 radical (unpaired) electrons. The highest BCUT2D eigenvalue weighted by molar-refractivity contribution is 6.36. The van der Waals surface area contributed by atoms with E-state index in [-0.39, 0.29) is 22.9 Å². The highest BCUT2D eigenvalue weighted by atomic mass is 35.5. The smallest absolute Gasteiger partial charge is 0.186 e. The number of aromatic nitrogens is 1. The van der Waals surface area contributed by atoms with Crippen molar-refractivity contribution in [1.82, 2.24) is 4.98 Å². The first-order valence-electron chi connectivity index (χ1n) is 4.55. The Balaban J connectivity index is 2.87. The molecule has 0 atom stereocenters. The van der Waals surface area contributed by atoms with Crippen molar-refractivity contribution in [2.45, 2.75) is 19.8 Å². The summed E-state index contributed by atoms with van der Waals surface area (Å²) in [7, 11) is 0. The average molecular weight is 244 g/mol. The second kappa shape index (κ2) is 5.29. The van der Waals surface area contributed by atoms with E-state index >= 15 is 0 Å². The van der Waals surface area contributed by atoms with E-state index in [0.29, 0.717) is 5.02 Å². The van der Waals surface area contributed by atoms with Crippen molar-refractivity contribution in [1.29, 1.82) is 0 Å². The summed E-state index contributed by atoms with van der Waals surface area (Å²) >= 11 is 11.5. The van der Waals surface area contributed by atoms with Crippen molar-refractivity contribution in [3.05, 3.63) is 40.2 Å². The third kappa shape index (κ3) is 3.33. The van der Waals surface area contributed by atoms with E-state index in [2.05, 4.69) is 11.6 Å². The molecule has 80 valence electrons. The van der Waals surface area contributed by atoms with E-state index in [9.17, 15) is 4.79 Å². The van der Waals surface area contributed by atoms with Crippen molar-refractivity contribution >= 4 is 29.0 Å². The van der Waals surface area contributed by atoms with Crippen molar-refractivity contribution in [3.8, 4) is 0 Å². The molecule has 0 aliphatic carbocycles. The Morgan fingerprint density at radius 3 is 2.73 bits per heavy atom. The van der Waals surface area contributed by atoms with E-state index in [0.717, 1.165) is 12.0 Å². The summed E-state index contributed by atoms with van der Waals surface area (Å²) in [5, 5.41) is 0.710. The van der Waals surface area contributed by atoms with Crippen LogP contribution in [0.1, 0.15) is 30.3 Å². The van der Waals surface area contributed by atoms with Crippen LogP contribution in [-0.4, -0.2) is 10.8 Å². The van der Waals surface area contributed by atoms with Crippen LogP contribution in [-0.2, 0) is 0 Å². The number of carbonyl (C=O) groups excluding carboxylic acids is 1. The molecular formula is C11H11Cl2NO. The Bertz CT molecular complexity index is 402. The van der Waals surface area contributed by atoms with Crippen molar-refractivity contribution in [3.63, 3.8) is 0 Å². The van der Waals surface area contributed by atoms with Gasteiger partial charge in [0.05, 0.1) is 10.0 Å². The number of hydrogen-bond acceptors (Lipinski definition) is 2. The predicted molar refractivity (Wildman–Crippen MR) is 62.6 cm³/mol. The summed E-state index contributed by atoms with van der Waals surface area (Å²) < 4.78 is 0. The molecular weight excluding hydrogens is 233 g/mol. The first kappa shape index (κ1) is 12.2. The number of Topliss-reactive ketones (excluding diaryl/α,β-unsaturated/α-hetero) is 1. The summed E-state index contributed by atoms with van der Waals surface area (Å²) in [6.45, 7) is 5.72. The molecule has 0 saturated carbocycles. The molecule has 0 aliphatic heterocycles. The van der Waals surface area contributed by atoms with E-state index < -0.39 is 0 Å². The van der Waals surface area contributed by atoms with Crippen molar-refractivity contribution < 1.29 is 4.79 Å². The Morgan fingerprint density at radius 1 is 1.53 bits per heavy atom. The predicted octanol–water partition coefficient (Wildman–Crippen LogP) is 3.93. The third-order valence-electron chi connectivity index (χ3n) is 1.98. The number of ketones is 1. The highest BCUT2D eigenvalue weighted by Gasteiger charge is 2.12. The summed E-state index contributed by atoms with van der Waals surface area (Å²) in [6, 6.07) is 1.51. The number of halogens is 2. The largest absolute Gasteiger partial charge is 0.292 e. The van der Waals surface area contributed by atoms with Gasteiger partial charge in [0.1, 0.15) is 5.69 Å². The maximum atomic E-state index is 11.7. The van der Waals surface area contributed by atoms with Crippen LogP contribution in [0, 0.1) is 0 Å². The molecule has 1 aromatic heterocycles. The molecule has 1 heterocycles. The van der Waals surface area contributed by atoms with Gasteiger partial charge in [-0.3, -0.25) is 4.79 Å². The van der Waals surface area contributed by atoms with E-state index in [1.165, 1.54) is 12.3 Å². The Labute approximate surface area is 98.9 Å². The van der Waals surface area contributed by atoms with Gasteiger partial charge in [0.2, 0.25) is 0 Å². The normalized spacial score (nSPS) is 10.1. The van der Waals surface area contributed by atoms with Gasteiger partial charge >= 0.3 is 0 Å². The summed E-state index contributed by atoms with van der Waals surface area (Å²) in [5.74, 6) is -0.122. The molecule has 1 rings (SSSR count). The number of rotatable bonds is 4. The number of nitrogens with zero attached hydrogens (tertiary/aromatic N) is 1. The minimum absolute atomic E-state index is 0.122. The maximum absolute atomic E-state index is 11.7. The van der Waals surface area contributed by atoms with Gasteiger partial charge in [-0.25, -0.2) is 4.98 Å². The molecule has 0 bridgehead atoms. The first-order chi connectivity index (χ1) is 7.04. The molecule has 2 nitrogen and oxygen atoms in total. The van der Waals surface area contributed by atoms with Crippen LogP contribution in [0.4, 0.5) is 0 Å². The molecule has 0 N–H and O–H groups in total. The highest BCUT2D eigenvalue weighted by Crippen LogP contribution is 2.20. The first-order valence-corrected chi connectivity index (χ1v) is 5.31. The van der Waals surface area contributed by atoms with Crippen LogP contribution in [0.2, 0.25) is 10.0 Å². The molecule has 4 heteroatoms. The molecule has 15 heavy (non-hydrogen) atoms. The third-order valence-corrected chi connectivity index (χ3v) is 2.48. The molecule has 0 aliphatic rings. The standard InChI is InChI=1S/C11H11Cl2NO/c1-3-7(2)4-10(15)11-9(13)5-8(12)6-14-11/h5-6H,2-4H2,1H3. The molecule has 0 saturated heterocycles. The molecule has 0 amide bonds. The number of hydrogen-bond donors (Lipinski definition) is 0. The second-order valence-corrected chi connectivity index (χ2v) is 4.03. The lowest BCUT2D eigenvalue weighted by Crippen LogP contribution is -2.03. The minimum Gasteiger partial charge on any atom is -0.292 e. The maximum Gasteiger partial charge on any atom is 0.186 e. The topological polar surface area (TPSA) is 30.0 Å². The lowest BCUT2D eigenvalue weighted by atomic mass is 10.1. The molecule has 0 aromatic carbocycles. The quantitative estimate of drug-likeness (QED) is 0.593. The van der Waals surface area contributed by atoms with Crippen LogP contribution in [0.3, 0.4) is 0 Å². The van der Waals surface area contributed by atoms with Gasteiger partial charge in [-0.15, -0.1) is 0 Å². The minimum atomic E-state index is -0.122. The summed E-state index contributed by atoms with van der Waals surface area (Å²) in [5.41, 5.74) is 1.13.